The summed E-state index contributed by atoms with van der Waals surface area (Å²) < 4.78 is 1.79. The largest absolute Gasteiger partial charge is 0.389 e. The van der Waals surface area contributed by atoms with Crippen molar-refractivity contribution in [1.29, 1.82) is 0 Å². The van der Waals surface area contributed by atoms with Crippen molar-refractivity contribution in [3.8, 4) is 0 Å². The fourth-order valence-electron chi connectivity index (χ4n) is 3.18. The highest BCUT2D eigenvalue weighted by Gasteiger charge is 2.41. The van der Waals surface area contributed by atoms with Crippen molar-refractivity contribution in [1.82, 2.24) is 20.4 Å². The van der Waals surface area contributed by atoms with E-state index in [1.54, 1.807) is 17.8 Å². The molecule has 3 N–H and O–H groups in total. The van der Waals surface area contributed by atoms with Crippen molar-refractivity contribution in [2.24, 2.45) is 0 Å². The Hall–Kier alpha value is -2.18. The Kier molecular flexibility index (Phi) is 4.97. The van der Waals surface area contributed by atoms with Gasteiger partial charge in [0.1, 0.15) is 5.54 Å². The van der Waals surface area contributed by atoms with E-state index in [-0.39, 0.29) is 5.91 Å². The van der Waals surface area contributed by atoms with Crippen LogP contribution in [0.1, 0.15) is 37.0 Å². The second-order valence-corrected chi connectivity index (χ2v) is 6.33. The molecule has 1 amide bonds. The van der Waals surface area contributed by atoms with Crippen molar-refractivity contribution < 1.29 is 9.90 Å². The van der Waals surface area contributed by atoms with Crippen LogP contribution in [0.3, 0.4) is 0 Å². The van der Waals surface area contributed by atoms with Gasteiger partial charge in [-0.3, -0.25) is 9.48 Å². The van der Waals surface area contributed by atoms with Gasteiger partial charge in [-0.05, 0) is 50.0 Å². The summed E-state index contributed by atoms with van der Waals surface area (Å²) in [6, 6.07) is 9.50. The summed E-state index contributed by atoms with van der Waals surface area (Å²) in [5.74, 6) is 0.00676. The van der Waals surface area contributed by atoms with Gasteiger partial charge in [-0.25, -0.2) is 0 Å². The number of benzene rings is 1. The van der Waals surface area contributed by atoms with Gasteiger partial charge in [0.25, 0.3) is 0 Å². The number of carbonyl (C=O) groups excluding carboxylic acids is 1. The molecule has 128 valence electrons. The lowest BCUT2D eigenvalue weighted by molar-refractivity contribution is -0.132. The van der Waals surface area contributed by atoms with Crippen molar-refractivity contribution >= 4 is 5.91 Å². The van der Waals surface area contributed by atoms with Crippen LogP contribution in [0.15, 0.2) is 42.7 Å². The maximum atomic E-state index is 12.9. The summed E-state index contributed by atoms with van der Waals surface area (Å²) in [7, 11) is 0. The summed E-state index contributed by atoms with van der Waals surface area (Å²) in [6.07, 6.45) is 4.54. The standard InChI is InChI=1S/C18H24N4O2/c1-14(23)16-5-3-15(4-6-16)13-20-17(24)18(7-10-19-11-8-18)22-12-2-9-21-22/h2-6,9,12,14,19,23H,7-8,10-11,13H2,1H3,(H,20,24). The number of nitrogens with one attached hydrogen (secondary N) is 2. The molecule has 0 saturated carbocycles. The molecule has 0 aliphatic carbocycles. The summed E-state index contributed by atoms with van der Waals surface area (Å²) in [5, 5.41) is 20.2. The first-order valence-corrected chi connectivity index (χ1v) is 8.38. The molecule has 6 nitrogen and oxygen atoms in total. The first-order valence-electron chi connectivity index (χ1n) is 8.38. The molecule has 1 unspecified atom stereocenters. The van der Waals surface area contributed by atoms with Crippen LogP contribution >= 0.6 is 0 Å². The zero-order chi connectivity index (χ0) is 17.0. The van der Waals surface area contributed by atoms with Crippen molar-refractivity contribution in [3.63, 3.8) is 0 Å². The minimum atomic E-state index is -0.617. The van der Waals surface area contributed by atoms with E-state index in [1.165, 1.54) is 0 Å². The number of piperidine rings is 1. The van der Waals surface area contributed by atoms with Crippen LogP contribution in [0.2, 0.25) is 0 Å². The van der Waals surface area contributed by atoms with E-state index in [0.29, 0.717) is 6.54 Å². The molecule has 2 aromatic rings. The zero-order valence-corrected chi connectivity index (χ0v) is 13.9. The predicted molar refractivity (Wildman–Crippen MR) is 91.2 cm³/mol. The number of hydrogen-bond donors (Lipinski definition) is 3. The van der Waals surface area contributed by atoms with E-state index in [9.17, 15) is 9.90 Å². The van der Waals surface area contributed by atoms with Crippen LogP contribution < -0.4 is 10.6 Å². The normalized spacial score (nSPS) is 18.1. The molecule has 0 spiro atoms. The van der Waals surface area contributed by atoms with E-state index < -0.39 is 11.6 Å². The van der Waals surface area contributed by atoms with Crippen LogP contribution in [-0.4, -0.2) is 33.9 Å². The number of aliphatic hydroxyl groups is 1. The van der Waals surface area contributed by atoms with Crippen LogP contribution in [0.4, 0.5) is 0 Å². The fourth-order valence-corrected chi connectivity index (χ4v) is 3.18. The maximum Gasteiger partial charge on any atom is 0.248 e. The van der Waals surface area contributed by atoms with Crippen molar-refractivity contribution in [3.05, 3.63) is 53.9 Å². The molecule has 0 bridgehead atoms. The van der Waals surface area contributed by atoms with Gasteiger partial charge >= 0.3 is 0 Å². The molecule has 3 rings (SSSR count). The number of hydrogen-bond acceptors (Lipinski definition) is 4. The third-order valence-corrected chi connectivity index (χ3v) is 4.71. The predicted octanol–water partition coefficient (Wildman–Crippen LogP) is 1.33. The van der Waals surface area contributed by atoms with Crippen molar-refractivity contribution in [2.75, 3.05) is 13.1 Å². The highest BCUT2D eigenvalue weighted by atomic mass is 16.3. The van der Waals surface area contributed by atoms with E-state index in [0.717, 1.165) is 37.1 Å². The highest BCUT2D eigenvalue weighted by molar-refractivity contribution is 5.84. The van der Waals surface area contributed by atoms with Gasteiger partial charge in [-0.1, -0.05) is 24.3 Å². The topological polar surface area (TPSA) is 79.2 Å². The average Bonchev–Trinajstić information content (AvgIpc) is 3.15. The summed E-state index contributed by atoms with van der Waals surface area (Å²) in [6.45, 7) is 3.81. The molecule has 2 heterocycles. The van der Waals surface area contributed by atoms with Crippen LogP contribution in [0, 0.1) is 0 Å². The Morgan fingerprint density at radius 1 is 1.38 bits per heavy atom. The molecule has 1 saturated heterocycles. The number of aromatic nitrogens is 2. The smallest absolute Gasteiger partial charge is 0.248 e. The Labute approximate surface area is 141 Å². The summed E-state index contributed by atoms with van der Waals surface area (Å²) in [5.41, 5.74) is 1.27. The Balaban J connectivity index is 1.70. The number of carbonyl (C=O) groups is 1. The lowest BCUT2D eigenvalue weighted by Crippen LogP contribution is -2.54. The van der Waals surface area contributed by atoms with Gasteiger partial charge in [0.05, 0.1) is 6.10 Å². The minimum absolute atomic E-state index is 0.00676. The van der Waals surface area contributed by atoms with E-state index in [4.69, 9.17) is 0 Å². The molecular formula is C18H24N4O2. The summed E-state index contributed by atoms with van der Waals surface area (Å²) >= 11 is 0. The van der Waals surface area contributed by atoms with Crippen LogP contribution in [0.5, 0.6) is 0 Å². The maximum absolute atomic E-state index is 12.9. The third kappa shape index (κ3) is 3.34. The Bertz CT molecular complexity index is 659. The van der Waals surface area contributed by atoms with Gasteiger partial charge in [0.2, 0.25) is 5.91 Å². The molecule has 1 fully saturated rings. The molecule has 1 aromatic heterocycles. The molecule has 6 heteroatoms. The Morgan fingerprint density at radius 3 is 2.67 bits per heavy atom. The average molecular weight is 328 g/mol. The molecule has 1 aliphatic heterocycles. The van der Waals surface area contributed by atoms with Gasteiger partial charge < -0.3 is 15.7 Å². The zero-order valence-electron chi connectivity index (χ0n) is 13.9. The minimum Gasteiger partial charge on any atom is -0.389 e. The molecular weight excluding hydrogens is 304 g/mol. The van der Waals surface area contributed by atoms with Gasteiger partial charge in [0, 0.05) is 18.9 Å². The molecule has 1 atom stereocenters. The van der Waals surface area contributed by atoms with Gasteiger partial charge in [-0.2, -0.15) is 5.10 Å². The molecule has 0 radical (unpaired) electrons. The van der Waals surface area contributed by atoms with E-state index >= 15 is 0 Å². The second kappa shape index (κ2) is 7.15. The number of rotatable bonds is 5. The van der Waals surface area contributed by atoms with Gasteiger partial charge in [-0.15, -0.1) is 0 Å². The molecule has 1 aromatic carbocycles. The lowest BCUT2D eigenvalue weighted by atomic mass is 9.87. The molecule has 24 heavy (non-hydrogen) atoms. The van der Waals surface area contributed by atoms with Gasteiger partial charge in [0.15, 0.2) is 0 Å². The highest BCUT2D eigenvalue weighted by Crippen LogP contribution is 2.27. The number of aliphatic hydroxyl groups excluding tert-OH is 1. The number of nitrogens with zero attached hydrogens (tertiary/aromatic N) is 2. The third-order valence-electron chi connectivity index (χ3n) is 4.71. The van der Waals surface area contributed by atoms with Crippen LogP contribution in [0.25, 0.3) is 0 Å². The Morgan fingerprint density at radius 2 is 2.08 bits per heavy atom. The van der Waals surface area contributed by atoms with E-state index in [1.807, 2.05) is 36.5 Å². The molecule has 1 aliphatic rings. The SMILES string of the molecule is CC(O)c1ccc(CNC(=O)C2(n3cccn3)CCNCC2)cc1. The lowest BCUT2D eigenvalue weighted by Gasteiger charge is -2.36. The quantitative estimate of drug-likeness (QED) is 0.774. The second-order valence-electron chi connectivity index (χ2n) is 6.33. The summed E-state index contributed by atoms with van der Waals surface area (Å²) in [4.78, 5) is 12.9. The number of amides is 1. The van der Waals surface area contributed by atoms with Crippen LogP contribution in [-0.2, 0) is 16.9 Å². The van der Waals surface area contributed by atoms with E-state index in [2.05, 4.69) is 15.7 Å². The first kappa shape index (κ1) is 16.7. The monoisotopic (exact) mass is 328 g/mol. The first-order chi connectivity index (χ1) is 11.6. The van der Waals surface area contributed by atoms with Crippen molar-refractivity contribution in [2.45, 2.75) is 38.0 Å². The fraction of sp³-hybridized carbons (Fsp3) is 0.444.